The third kappa shape index (κ3) is 1.53. The van der Waals surface area contributed by atoms with Crippen molar-refractivity contribution in [2.24, 2.45) is 0 Å². The lowest BCUT2D eigenvalue weighted by Gasteiger charge is -2.01. The van der Waals surface area contributed by atoms with Crippen molar-refractivity contribution in [3.8, 4) is 0 Å². The van der Waals surface area contributed by atoms with Gasteiger partial charge in [0, 0.05) is 7.11 Å². The van der Waals surface area contributed by atoms with Gasteiger partial charge in [0.2, 0.25) is 0 Å². The number of rotatable bonds is 3. The Kier molecular flexibility index (Phi) is 2.55. The van der Waals surface area contributed by atoms with Gasteiger partial charge in [0.1, 0.15) is 0 Å². The Labute approximate surface area is 84.0 Å². The van der Waals surface area contributed by atoms with Gasteiger partial charge in [-0.25, -0.2) is 9.67 Å². The van der Waals surface area contributed by atoms with Crippen molar-refractivity contribution in [2.75, 3.05) is 13.7 Å². The van der Waals surface area contributed by atoms with E-state index in [0.29, 0.717) is 18.7 Å². The molecule has 6 heteroatoms. The van der Waals surface area contributed by atoms with Gasteiger partial charge in [0.15, 0.2) is 11.0 Å². The maximum Gasteiger partial charge on any atom is 0.294 e. The average molecular weight is 210 g/mol. The fraction of sp³-hybridized carbons (Fsp3) is 0.375. The Bertz CT molecular complexity index is 491. The van der Waals surface area contributed by atoms with Crippen LogP contribution in [-0.2, 0) is 11.3 Å². The number of ether oxygens (including phenoxy) is 1. The molecule has 1 radical (unpaired) electrons. The molecule has 2 aromatic rings. The number of hydrogen-bond acceptors (Lipinski definition) is 5. The molecule has 14 heavy (non-hydrogen) atoms. The summed E-state index contributed by atoms with van der Waals surface area (Å²) in [4.78, 5) is 15.5. The summed E-state index contributed by atoms with van der Waals surface area (Å²) in [6.45, 7) is 0.912. The second kappa shape index (κ2) is 3.85. The zero-order valence-electron chi connectivity index (χ0n) is 7.56. The second-order valence-corrected chi connectivity index (χ2v) is 3.51. The van der Waals surface area contributed by atoms with Gasteiger partial charge in [-0.3, -0.25) is 4.79 Å². The van der Waals surface area contributed by atoms with Gasteiger partial charge in [0.25, 0.3) is 5.56 Å². The standard InChI is InChI=1S/C8H8N3O2S/c1-13-3-2-11-8(12)7-6(4-10-11)14-5-9-7/h4H,2-3H2,1H3. The first kappa shape index (κ1) is 9.29. The molecule has 2 heterocycles. The quantitative estimate of drug-likeness (QED) is 0.731. The van der Waals surface area contributed by atoms with Crippen LogP contribution < -0.4 is 5.56 Å². The maximum atomic E-state index is 11.7. The number of methoxy groups -OCH3 is 1. The summed E-state index contributed by atoms with van der Waals surface area (Å²) in [7, 11) is 1.58. The Morgan fingerprint density at radius 1 is 1.71 bits per heavy atom. The molecule has 0 fully saturated rings. The predicted octanol–water partition coefficient (Wildman–Crippen LogP) is 0.300. The van der Waals surface area contributed by atoms with Crippen LogP contribution in [0.25, 0.3) is 10.2 Å². The Hall–Kier alpha value is -1.27. The molecule has 0 aromatic carbocycles. The highest BCUT2D eigenvalue weighted by Gasteiger charge is 2.05. The molecule has 0 spiro atoms. The molecule has 0 bridgehead atoms. The summed E-state index contributed by atoms with van der Waals surface area (Å²) >= 11 is 1.29. The topological polar surface area (TPSA) is 57.0 Å². The number of hydrogen-bond donors (Lipinski definition) is 0. The van der Waals surface area contributed by atoms with E-state index in [-0.39, 0.29) is 5.56 Å². The van der Waals surface area contributed by atoms with Crippen LogP contribution >= 0.6 is 11.3 Å². The van der Waals surface area contributed by atoms with Gasteiger partial charge >= 0.3 is 0 Å². The normalized spacial score (nSPS) is 10.9. The summed E-state index contributed by atoms with van der Waals surface area (Å²) in [6.07, 6.45) is 1.63. The van der Waals surface area contributed by atoms with Crippen molar-refractivity contribution in [3.05, 3.63) is 22.1 Å². The monoisotopic (exact) mass is 210 g/mol. The van der Waals surface area contributed by atoms with E-state index < -0.39 is 0 Å². The molecule has 73 valence electrons. The Morgan fingerprint density at radius 3 is 3.36 bits per heavy atom. The van der Waals surface area contributed by atoms with Crippen molar-refractivity contribution in [2.45, 2.75) is 6.54 Å². The van der Waals surface area contributed by atoms with Gasteiger partial charge in [-0.1, -0.05) is 0 Å². The van der Waals surface area contributed by atoms with E-state index in [2.05, 4.69) is 15.6 Å². The van der Waals surface area contributed by atoms with Crippen molar-refractivity contribution >= 4 is 21.6 Å². The lowest BCUT2D eigenvalue weighted by Crippen LogP contribution is -2.24. The summed E-state index contributed by atoms with van der Waals surface area (Å²) in [5.74, 6) is 0. The van der Waals surface area contributed by atoms with Crippen molar-refractivity contribution in [1.29, 1.82) is 0 Å². The summed E-state index contributed by atoms with van der Waals surface area (Å²) in [5.41, 5.74) is 2.92. The van der Waals surface area contributed by atoms with Crippen LogP contribution in [0.15, 0.2) is 11.0 Å². The van der Waals surface area contributed by atoms with Crippen LogP contribution in [0.4, 0.5) is 0 Å². The molecule has 0 amide bonds. The van der Waals surface area contributed by atoms with Gasteiger partial charge in [0.05, 0.1) is 24.0 Å². The first-order chi connectivity index (χ1) is 6.83. The number of nitrogens with zero attached hydrogens (tertiary/aromatic N) is 3. The lowest BCUT2D eigenvalue weighted by molar-refractivity contribution is 0.182. The molecule has 0 aliphatic rings. The molecule has 0 unspecified atom stereocenters. The predicted molar refractivity (Wildman–Crippen MR) is 52.4 cm³/mol. The minimum Gasteiger partial charge on any atom is -0.383 e. The van der Waals surface area contributed by atoms with Crippen molar-refractivity contribution < 1.29 is 4.74 Å². The second-order valence-electron chi connectivity index (χ2n) is 2.68. The maximum absolute atomic E-state index is 11.7. The molecule has 0 aliphatic carbocycles. The highest BCUT2D eigenvalue weighted by Crippen LogP contribution is 2.10. The fourth-order valence-electron chi connectivity index (χ4n) is 1.10. The lowest BCUT2D eigenvalue weighted by atomic mass is 10.5. The molecule has 0 aliphatic heterocycles. The van der Waals surface area contributed by atoms with E-state index in [9.17, 15) is 4.79 Å². The average Bonchev–Trinajstić information content (AvgIpc) is 2.66. The fourth-order valence-corrected chi connectivity index (χ4v) is 1.66. The smallest absolute Gasteiger partial charge is 0.294 e. The van der Waals surface area contributed by atoms with Crippen LogP contribution in [0.2, 0.25) is 0 Å². The Balaban J connectivity index is 2.46. The zero-order valence-corrected chi connectivity index (χ0v) is 8.37. The molecular formula is C8H8N3O2S. The van der Waals surface area contributed by atoms with E-state index in [0.717, 1.165) is 4.70 Å². The molecule has 2 rings (SSSR count). The van der Waals surface area contributed by atoms with E-state index in [1.54, 1.807) is 13.3 Å². The Morgan fingerprint density at radius 2 is 2.57 bits per heavy atom. The third-order valence-electron chi connectivity index (χ3n) is 1.81. The highest BCUT2D eigenvalue weighted by atomic mass is 32.1. The molecule has 0 atom stereocenters. The van der Waals surface area contributed by atoms with Crippen LogP contribution in [0.5, 0.6) is 0 Å². The number of fused-ring (bicyclic) bond motifs is 1. The first-order valence-electron chi connectivity index (χ1n) is 4.04. The molecule has 0 N–H and O–H groups in total. The van der Waals surface area contributed by atoms with E-state index in [4.69, 9.17) is 4.74 Å². The van der Waals surface area contributed by atoms with Gasteiger partial charge < -0.3 is 4.74 Å². The molecule has 5 nitrogen and oxygen atoms in total. The van der Waals surface area contributed by atoms with Crippen molar-refractivity contribution in [3.63, 3.8) is 0 Å². The number of aromatic nitrogens is 3. The molecular weight excluding hydrogens is 202 g/mol. The molecule has 0 saturated heterocycles. The van der Waals surface area contributed by atoms with E-state index in [1.165, 1.54) is 16.0 Å². The summed E-state index contributed by atoms with van der Waals surface area (Å²) < 4.78 is 6.98. The van der Waals surface area contributed by atoms with Gasteiger partial charge in [-0.05, 0) is 0 Å². The van der Waals surface area contributed by atoms with E-state index in [1.807, 2.05) is 0 Å². The molecule has 2 aromatic heterocycles. The first-order valence-corrected chi connectivity index (χ1v) is 4.86. The summed E-state index contributed by atoms with van der Waals surface area (Å²) in [5, 5.41) is 3.99. The van der Waals surface area contributed by atoms with Crippen LogP contribution in [-0.4, -0.2) is 28.5 Å². The van der Waals surface area contributed by atoms with E-state index >= 15 is 0 Å². The molecule has 0 saturated carbocycles. The SMILES string of the molecule is COCCn1ncc2s[c]nc2c1=O. The number of thiazole rings is 1. The van der Waals surface area contributed by atoms with Crippen LogP contribution in [0.1, 0.15) is 0 Å². The minimum atomic E-state index is -0.183. The minimum absolute atomic E-state index is 0.183. The largest absolute Gasteiger partial charge is 0.383 e. The van der Waals surface area contributed by atoms with Crippen molar-refractivity contribution in [1.82, 2.24) is 14.8 Å². The van der Waals surface area contributed by atoms with Crippen LogP contribution in [0.3, 0.4) is 0 Å². The van der Waals surface area contributed by atoms with Gasteiger partial charge in [-0.2, -0.15) is 5.10 Å². The van der Waals surface area contributed by atoms with Gasteiger partial charge in [-0.15, -0.1) is 11.3 Å². The zero-order chi connectivity index (χ0) is 9.97. The van der Waals surface area contributed by atoms with Crippen LogP contribution in [0, 0.1) is 5.51 Å². The highest BCUT2D eigenvalue weighted by molar-refractivity contribution is 7.16. The third-order valence-corrected chi connectivity index (χ3v) is 2.51. The summed E-state index contributed by atoms with van der Waals surface area (Å²) in [6, 6.07) is 0.